The van der Waals surface area contributed by atoms with Crippen molar-refractivity contribution in [2.45, 2.75) is 0 Å². The van der Waals surface area contributed by atoms with Gasteiger partial charge in [-0.1, -0.05) is 0 Å². The third kappa shape index (κ3) is 1.48. The number of phenolic OH excluding ortho intramolecular Hbond substituents is 1. The molecular weight excluding hydrogens is 210 g/mol. The monoisotopic (exact) mass is 217 g/mol. The summed E-state index contributed by atoms with van der Waals surface area (Å²) >= 11 is 0. The van der Waals surface area contributed by atoms with Crippen molar-refractivity contribution < 1.29 is 19.5 Å². The fourth-order valence-electron chi connectivity index (χ4n) is 1.43. The molecule has 16 heavy (non-hydrogen) atoms. The number of amides is 2. The summed E-state index contributed by atoms with van der Waals surface area (Å²) in [7, 11) is 0. The minimum absolute atomic E-state index is 0.0324. The fourth-order valence-corrected chi connectivity index (χ4v) is 1.43. The number of aromatic hydroxyl groups is 1. The van der Waals surface area contributed by atoms with Crippen molar-refractivity contribution in [3.63, 3.8) is 0 Å². The van der Waals surface area contributed by atoms with Crippen molar-refractivity contribution in [2.24, 2.45) is 0 Å². The number of carbonyl (C=O) groups excluding carboxylic acids is 3. The summed E-state index contributed by atoms with van der Waals surface area (Å²) in [5.74, 6) is -1.12. The van der Waals surface area contributed by atoms with Gasteiger partial charge in [0, 0.05) is 12.2 Å². The van der Waals surface area contributed by atoms with E-state index in [0.29, 0.717) is 6.29 Å². The molecule has 1 heterocycles. The number of nitrogens with zero attached hydrogens (tertiary/aromatic N) is 1. The van der Waals surface area contributed by atoms with Gasteiger partial charge in [0.05, 0.1) is 11.3 Å². The molecular formula is C11H7NO4. The van der Waals surface area contributed by atoms with Crippen LogP contribution in [-0.4, -0.2) is 23.2 Å². The number of anilines is 1. The van der Waals surface area contributed by atoms with E-state index in [2.05, 4.69) is 0 Å². The van der Waals surface area contributed by atoms with Gasteiger partial charge in [-0.3, -0.25) is 14.4 Å². The molecule has 1 aliphatic rings. The van der Waals surface area contributed by atoms with Crippen LogP contribution in [0.3, 0.4) is 0 Å². The van der Waals surface area contributed by atoms with Crippen molar-refractivity contribution in [1.82, 2.24) is 0 Å². The Hall–Kier alpha value is -2.43. The molecule has 0 saturated carbocycles. The Morgan fingerprint density at radius 1 is 1.12 bits per heavy atom. The Bertz CT molecular complexity index is 501. The van der Waals surface area contributed by atoms with E-state index >= 15 is 0 Å². The molecule has 1 aromatic carbocycles. The molecule has 0 fully saturated rings. The molecule has 5 heteroatoms. The van der Waals surface area contributed by atoms with Crippen LogP contribution in [0.1, 0.15) is 10.4 Å². The second-order valence-corrected chi connectivity index (χ2v) is 3.21. The number of hydrogen-bond donors (Lipinski definition) is 1. The Morgan fingerprint density at radius 2 is 1.75 bits per heavy atom. The molecule has 0 spiro atoms. The van der Waals surface area contributed by atoms with Crippen LogP contribution < -0.4 is 4.90 Å². The highest BCUT2D eigenvalue weighted by atomic mass is 16.3. The molecule has 0 atom stereocenters. The molecule has 1 aliphatic heterocycles. The normalized spacial score (nSPS) is 14.6. The largest absolute Gasteiger partial charge is 0.507 e. The van der Waals surface area contributed by atoms with E-state index in [1.54, 1.807) is 0 Å². The summed E-state index contributed by atoms with van der Waals surface area (Å²) in [6.45, 7) is 0. The summed E-state index contributed by atoms with van der Waals surface area (Å²) in [4.78, 5) is 34.2. The van der Waals surface area contributed by atoms with Crippen LogP contribution in [0.15, 0.2) is 30.4 Å². The second kappa shape index (κ2) is 3.62. The molecule has 0 saturated heterocycles. The van der Waals surface area contributed by atoms with Crippen LogP contribution in [0, 0.1) is 0 Å². The molecule has 5 nitrogen and oxygen atoms in total. The zero-order valence-corrected chi connectivity index (χ0v) is 8.08. The topological polar surface area (TPSA) is 74.7 Å². The molecule has 0 aliphatic carbocycles. The first-order chi connectivity index (χ1) is 7.63. The lowest BCUT2D eigenvalue weighted by Gasteiger charge is -2.14. The van der Waals surface area contributed by atoms with E-state index in [1.807, 2.05) is 0 Å². The van der Waals surface area contributed by atoms with E-state index in [-0.39, 0.29) is 17.0 Å². The Morgan fingerprint density at radius 3 is 2.31 bits per heavy atom. The van der Waals surface area contributed by atoms with Gasteiger partial charge in [-0.15, -0.1) is 0 Å². The second-order valence-electron chi connectivity index (χ2n) is 3.21. The molecule has 0 aromatic heterocycles. The number of benzene rings is 1. The number of imide groups is 1. The number of carbonyl (C=O) groups is 3. The van der Waals surface area contributed by atoms with E-state index in [9.17, 15) is 19.5 Å². The zero-order valence-electron chi connectivity index (χ0n) is 8.08. The SMILES string of the molecule is O=Cc1cc(N2C(=O)C=CC2=O)ccc1O. The molecule has 0 unspecified atom stereocenters. The molecule has 2 amide bonds. The summed E-state index contributed by atoms with van der Waals surface area (Å²) in [6, 6.07) is 3.94. The summed E-state index contributed by atoms with van der Waals surface area (Å²) in [5, 5.41) is 9.27. The van der Waals surface area contributed by atoms with Crippen molar-refractivity contribution in [1.29, 1.82) is 0 Å². The third-order valence-corrected chi connectivity index (χ3v) is 2.21. The standard InChI is InChI=1S/C11H7NO4/c13-6-7-5-8(1-2-9(7)14)12-10(15)3-4-11(12)16/h1-6,14H. The highest BCUT2D eigenvalue weighted by Gasteiger charge is 2.25. The maximum Gasteiger partial charge on any atom is 0.258 e. The van der Waals surface area contributed by atoms with Gasteiger partial charge >= 0.3 is 0 Å². The van der Waals surface area contributed by atoms with E-state index in [1.165, 1.54) is 18.2 Å². The molecule has 80 valence electrons. The molecule has 0 radical (unpaired) electrons. The van der Waals surface area contributed by atoms with Crippen LogP contribution in [-0.2, 0) is 9.59 Å². The van der Waals surface area contributed by atoms with Crippen LogP contribution in [0.4, 0.5) is 5.69 Å². The van der Waals surface area contributed by atoms with Crippen molar-refractivity contribution >= 4 is 23.8 Å². The predicted molar refractivity (Wildman–Crippen MR) is 55.1 cm³/mol. The molecule has 1 N–H and O–H groups in total. The van der Waals surface area contributed by atoms with E-state index in [0.717, 1.165) is 17.1 Å². The first kappa shape index (κ1) is 10.1. The number of rotatable bonds is 2. The van der Waals surface area contributed by atoms with Crippen molar-refractivity contribution in [2.75, 3.05) is 4.90 Å². The van der Waals surface area contributed by atoms with Crippen molar-refractivity contribution in [3.05, 3.63) is 35.9 Å². The molecule has 2 rings (SSSR count). The summed E-state index contributed by atoms with van der Waals surface area (Å²) in [6.07, 6.45) is 2.75. The van der Waals surface area contributed by atoms with Crippen LogP contribution in [0.25, 0.3) is 0 Å². The maximum atomic E-state index is 11.3. The van der Waals surface area contributed by atoms with Gasteiger partial charge in [0.15, 0.2) is 6.29 Å². The number of aldehydes is 1. The fraction of sp³-hybridized carbons (Fsp3) is 0. The van der Waals surface area contributed by atoms with Gasteiger partial charge < -0.3 is 5.11 Å². The lowest BCUT2D eigenvalue weighted by atomic mass is 10.2. The average molecular weight is 217 g/mol. The lowest BCUT2D eigenvalue weighted by Crippen LogP contribution is -2.29. The summed E-state index contributed by atoms with van der Waals surface area (Å²) < 4.78 is 0. The van der Waals surface area contributed by atoms with Crippen LogP contribution >= 0.6 is 0 Å². The first-order valence-corrected chi connectivity index (χ1v) is 4.48. The van der Waals surface area contributed by atoms with E-state index in [4.69, 9.17) is 0 Å². The minimum atomic E-state index is -0.465. The number of phenols is 1. The van der Waals surface area contributed by atoms with E-state index < -0.39 is 11.8 Å². The first-order valence-electron chi connectivity index (χ1n) is 4.48. The Labute approximate surface area is 90.6 Å². The molecule has 0 bridgehead atoms. The van der Waals surface area contributed by atoms with Gasteiger partial charge in [0.25, 0.3) is 11.8 Å². The highest BCUT2D eigenvalue weighted by molar-refractivity contribution is 6.28. The van der Waals surface area contributed by atoms with Crippen LogP contribution in [0.2, 0.25) is 0 Å². The number of hydrogen-bond acceptors (Lipinski definition) is 4. The quantitative estimate of drug-likeness (QED) is 0.582. The third-order valence-electron chi connectivity index (χ3n) is 2.21. The predicted octanol–water partition coefficient (Wildman–Crippen LogP) is 0.634. The van der Waals surface area contributed by atoms with Gasteiger partial charge in [-0.2, -0.15) is 0 Å². The van der Waals surface area contributed by atoms with Crippen molar-refractivity contribution in [3.8, 4) is 5.75 Å². The smallest absolute Gasteiger partial charge is 0.258 e. The summed E-state index contributed by atoms with van der Waals surface area (Å²) in [5.41, 5.74) is 0.296. The average Bonchev–Trinajstić information content (AvgIpc) is 2.60. The molecule has 1 aromatic rings. The van der Waals surface area contributed by atoms with Gasteiger partial charge in [-0.25, -0.2) is 4.90 Å². The van der Waals surface area contributed by atoms with Gasteiger partial charge in [0.2, 0.25) is 0 Å². The Kier molecular flexibility index (Phi) is 2.28. The zero-order chi connectivity index (χ0) is 11.7. The van der Waals surface area contributed by atoms with Gasteiger partial charge in [0.1, 0.15) is 5.75 Å². The lowest BCUT2D eigenvalue weighted by molar-refractivity contribution is -0.119. The Balaban J connectivity index is 2.45. The highest BCUT2D eigenvalue weighted by Crippen LogP contribution is 2.24. The van der Waals surface area contributed by atoms with Gasteiger partial charge in [-0.05, 0) is 18.2 Å². The maximum absolute atomic E-state index is 11.3. The minimum Gasteiger partial charge on any atom is -0.507 e. The van der Waals surface area contributed by atoms with Crippen LogP contribution in [0.5, 0.6) is 5.75 Å².